The van der Waals surface area contributed by atoms with Crippen LogP contribution in [0.3, 0.4) is 0 Å². The molecule has 0 fully saturated rings. The molecule has 1 amide bonds. The molecule has 1 heterocycles. The number of aliphatic hydroxyl groups excluding tert-OH is 2. The Hall–Kier alpha value is -3.48. The molecule has 13 heteroatoms. The Morgan fingerprint density at radius 1 is 1.19 bits per heavy atom. The lowest BCUT2D eigenvalue weighted by molar-refractivity contribution is -0.155. The molecule has 0 spiro atoms. The largest absolute Gasteiger partial charge is 0.490 e. The number of halogens is 4. The summed E-state index contributed by atoms with van der Waals surface area (Å²) in [5.74, 6) is -0.454. The predicted octanol–water partition coefficient (Wildman–Crippen LogP) is 2.78. The number of aliphatic hydroxyl groups is 2. The average Bonchev–Trinajstić information content (AvgIpc) is 2.87. The molecule has 200 valence electrons. The number of benzene rings is 2. The van der Waals surface area contributed by atoms with Gasteiger partial charge in [0.1, 0.15) is 24.7 Å². The lowest BCUT2D eigenvalue weighted by Gasteiger charge is -2.40. The lowest BCUT2D eigenvalue weighted by atomic mass is 10.2. The molecular weight excluding hydrogens is 517 g/mol. The molecule has 37 heavy (non-hydrogen) atoms. The van der Waals surface area contributed by atoms with Gasteiger partial charge >= 0.3 is 6.18 Å². The molecule has 3 rings (SSSR count). The van der Waals surface area contributed by atoms with E-state index < -0.39 is 24.0 Å². The Bertz CT molecular complexity index is 1130. The van der Waals surface area contributed by atoms with Crippen molar-refractivity contribution in [3.8, 4) is 5.75 Å². The monoisotopic (exact) mass is 542 g/mol. The van der Waals surface area contributed by atoms with Gasteiger partial charge in [-0.3, -0.25) is 9.69 Å². The highest BCUT2D eigenvalue weighted by Crippen LogP contribution is 2.31. The van der Waals surface area contributed by atoms with Crippen LogP contribution in [0, 0.1) is 0 Å². The van der Waals surface area contributed by atoms with Gasteiger partial charge in [0.25, 0.3) is 5.91 Å². The summed E-state index contributed by atoms with van der Waals surface area (Å²) in [6, 6.07) is 11.4. The number of β-amino-alcohol motifs (C(OH)–C–C–N with tert-alkyl or cyclic N) is 1. The Morgan fingerprint density at radius 2 is 1.92 bits per heavy atom. The van der Waals surface area contributed by atoms with E-state index in [0.717, 1.165) is 29.0 Å². The minimum Gasteiger partial charge on any atom is -0.490 e. The summed E-state index contributed by atoms with van der Waals surface area (Å²) in [7, 11) is 1.51. The number of hydrogen-bond donors (Lipinski definition) is 3. The zero-order valence-corrected chi connectivity index (χ0v) is 20.5. The van der Waals surface area contributed by atoms with E-state index in [2.05, 4.69) is 10.3 Å². The second kappa shape index (κ2) is 12.7. The molecule has 2 aromatic carbocycles. The number of hydrogen-bond acceptors (Lipinski definition) is 8. The van der Waals surface area contributed by atoms with Gasteiger partial charge in [-0.1, -0.05) is 29.8 Å². The van der Waals surface area contributed by atoms with Gasteiger partial charge in [-0.2, -0.15) is 13.2 Å². The first kappa shape index (κ1) is 28.1. The van der Waals surface area contributed by atoms with E-state index in [0.29, 0.717) is 5.02 Å². The van der Waals surface area contributed by atoms with Crippen LogP contribution in [0.25, 0.3) is 0 Å². The highest BCUT2D eigenvalue weighted by atomic mass is 35.5. The van der Waals surface area contributed by atoms with Crippen molar-refractivity contribution in [1.29, 1.82) is 0 Å². The van der Waals surface area contributed by atoms with Crippen LogP contribution in [0.5, 0.6) is 5.75 Å². The van der Waals surface area contributed by atoms with Crippen molar-refractivity contribution in [2.75, 3.05) is 33.4 Å². The minimum absolute atomic E-state index is 0.0384. The van der Waals surface area contributed by atoms with Crippen LogP contribution in [0.2, 0.25) is 5.02 Å². The summed E-state index contributed by atoms with van der Waals surface area (Å²) in [6.45, 7) is -0.307. The molecule has 1 aliphatic rings. The molecule has 2 aromatic rings. The SMILES string of the molecule is CN1C(N=COCCOc2cccc(C(F)(F)F)c2)=C(NCc2ccc(Cl)cc2)C(=O)N(CCO)C1O. The summed E-state index contributed by atoms with van der Waals surface area (Å²) in [6.07, 6.45) is -4.80. The number of aliphatic imine (C=N–C) groups is 1. The number of nitrogens with zero attached hydrogens (tertiary/aromatic N) is 3. The first-order valence-electron chi connectivity index (χ1n) is 11.1. The van der Waals surface area contributed by atoms with E-state index in [-0.39, 0.29) is 50.2 Å². The zero-order chi connectivity index (χ0) is 27.0. The van der Waals surface area contributed by atoms with Crippen molar-refractivity contribution in [2.45, 2.75) is 19.1 Å². The van der Waals surface area contributed by atoms with Crippen LogP contribution in [-0.4, -0.2) is 72.1 Å². The van der Waals surface area contributed by atoms with Gasteiger partial charge in [0, 0.05) is 25.2 Å². The fraction of sp³-hybridized carbons (Fsp3) is 0.333. The summed E-state index contributed by atoms with van der Waals surface area (Å²) >= 11 is 5.91. The van der Waals surface area contributed by atoms with Crippen molar-refractivity contribution in [2.24, 2.45) is 4.99 Å². The second-order valence-corrected chi connectivity index (χ2v) is 8.27. The number of ether oxygens (including phenoxy) is 2. The van der Waals surface area contributed by atoms with Crippen LogP contribution in [0.1, 0.15) is 11.1 Å². The van der Waals surface area contributed by atoms with E-state index in [9.17, 15) is 28.2 Å². The smallest absolute Gasteiger partial charge is 0.416 e. The summed E-state index contributed by atoms with van der Waals surface area (Å²) in [5, 5.41) is 23.4. The molecule has 0 radical (unpaired) electrons. The Kier molecular flexibility index (Phi) is 9.61. The Balaban J connectivity index is 1.66. The van der Waals surface area contributed by atoms with Crippen molar-refractivity contribution in [3.05, 3.63) is 76.2 Å². The predicted molar refractivity (Wildman–Crippen MR) is 129 cm³/mol. The van der Waals surface area contributed by atoms with E-state index in [1.807, 2.05) is 0 Å². The average molecular weight is 543 g/mol. The van der Waals surface area contributed by atoms with Crippen LogP contribution in [-0.2, 0) is 22.3 Å². The molecule has 1 unspecified atom stereocenters. The molecule has 0 saturated heterocycles. The number of nitrogens with one attached hydrogen (secondary N) is 1. The van der Waals surface area contributed by atoms with Crippen molar-refractivity contribution < 1.29 is 37.7 Å². The van der Waals surface area contributed by atoms with Crippen molar-refractivity contribution >= 4 is 23.9 Å². The third kappa shape index (κ3) is 7.51. The molecule has 1 aliphatic heterocycles. The maximum atomic E-state index is 13.0. The molecule has 9 nitrogen and oxygen atoms in total. The third-order valence-corrected chi connectivity index (χ3v) is 5.51. The molecule has 3 N–H and O–H groups in total. The fourth-order valence-corrected chi connectivity index (χ4v) is 3.50. The number of carbonyl (C=O) groups excluding carboxylic acids is 1. The summed E-state index contributed by atoms with van der Waals surface area (Å²) in [4.78, 5) is 19.6. The number of carbonyl (C=O) groups is 1. The van der Waals surface area contributed by atoms with E-state index >= 15 is 0 Å². The first-order valence-corrected chi connectivity index (χ1v) is 11.5. The van der Waals surface area contributed by atoms with Crippen LogP contribution >= 0.6 is 11.6 Å². The molecule has 0 bridgehead atoms. The van der Waals surface area contributed by atoms with Gasteiger partial charge in [0.2, 0.25) is 6.35 Å². The van der Waals surface area contributed by atoms with Gasteiger partial charge in [0.15, 0.2) is 12.2 Å². The quantitative estimate of drug-likeness (QED) is 0.228. The zero-order valence-electron chi connectivity index (χ0n) is 19.8. The Labute approximate surface area is 216 Å². The summed E-state index contributed by atoms with van der Waals surface area (Å²) < 4.78 is 49.0. The molecular formula is C24H26ClF3N4O5. The maximum absolute atomic E-state index is 13.0. The molecule has 0 aliphatic carbocycles. The van der Waals surface area contributed by atoms with E-state index in [1.165, 1.54) is 24.1 Å². The van der Waals surface area contributed by atoms with Crippen LogP contribution in [0.4, 0.5) is 13.2 Å². The minimum atomic E-state index is -4.48. The lowest BCUT2D eigenvalue weighted by Crippen LogP contribution is -2.56. The van der Waals surface area contributed by atoms with Gasteiger partial charge in [-0.15, -0.1) is 0 Å². The van der Waals surface area contributed by atoms with Crippen molar-refractivity contribution in [3.63, 3.8) is 0 Å². The van der Waals surface area contributed by atoms with Gasteiger partial charge in [0.05, 0.1) is 12.2 Å². The number of alkyl halides is 3. The molecule has 0 saturated carbocycles. The summed E-state index contributed by atoms with van der Waals surface area (Å²) in [5.41, 5.74) is 0.0756. The first-order chi connectivity index (χ1) is 17.6. The number of amides is 1. The molecule has 1 atom stereocenters. The number of rotatable bonds is 11. The fourth-order valence-electron chi connectivity index (χ4n) is 3.38. The Morgan fingerprint density at radius 3 is 2.59 bits per heavy atom. The van der Waals surface area contributed by atoms with Crippen LogP contribution < -0.4 is 10.1 Å². The topological polar surface area (TPSA) is 107 Å². The van der Waals surface area contributed by atoms with Gasteiger partial charge < -0.3 is 29.9 Å². The van der Waals surface area contributed by atoms with E-state index in [1.54, 1.807) is 24.3 Å². The normalized spacial score (nSPS) is 16.5. The standard InChI is InChI=1S/C24H26ClF3N4O5/c1-31-21(30-15-36-11-12-37-19-4-2-3-17(13-19)24(26,27)28)20(22(34)32(9-10-33)23(31)35)29-14-16-5-7-18(25)8-6-16/h2-8,13,15,23,29,33,35H,9-12,14H2,1H3. The molecule has 0 aromatic heterocycles. The van der Waals surface area contributed by atoms with Crippen LogP contribution in [0.15, 0.2) is 65.0 Å². The van der Waals surface area contributed by atoms with E-state index in [4.69, 9.17) is 21.1 Å². The second-order valence-electron chi connectivity index (χ2n) is 7.84. The highest BCUT2D eigenvalue weighted by Gasteiger charge is 2.36. The third-order valence-electron chi connectivity index (χ3n) is 5.26. The highest BCUT2D eigenvalue weighted by molar-refractivity contribution is 6.30. The van der Waals surface area contributed by atoms with Crippen molar-refractivity contribution in [1.82, 2.24) is 15.1 Å². The maximum Gasteiger partial charge on any atom is 0.416 e. The van der Waals surface area contributed by atoms with Gasteiger partial charge in [-0.25, -0.2) is 4.99 Å². The van der Waals surface area contributed by atoms with Gasteiger partial charge in [-0.05, 0) is 35.9 Å².